The number of anilines is 2. The molecular weight excluding hydrogens is 324 g/mol. The molecule has 0 radical (unpaired) electrons. The molecule has 2 amide bonds. The van der Waals surface area contributed by atoms with Crippen LogP contribution in [0.3, 0.4) is 0 Å². The molecule has 1 aliphatic heterocycles. The van der Waals surface area contributed by atoms with E-state index in [-0.39, 0.29) is 6.03 Å². The van der Waals surface area contributed by atoms with Crippen molar-refractivity contribution in [3.63, 3.8) is 0 Å². The molecule has 1 aliphatic rings. The summed E-state index contributed by atoms with van der Waals surface area (Å²) in [4.78, 5) is 16.8. The minimum Gasteiger partial charge on any atom is -0.337 e. The summed E-state index contributed by atoms with van der Waals surface area (Å²) in [6.45, 7) is 3.01. The smallest absolute Gasteiger partial charge is 0.326 e. The van der Waals surface area contributed by atoms with Crippen molar-refractivity contribution in [1.29, 1.82) is 5.26 Å². The second-order valence-corrected chi connectivity index (χ2v) is 6.57. The van der Waals surface area contributed by atoms with Crippen molar-refractivity contribution in [1.82, 2.24) is 10.2 Å². The topological polar surface area (TPSA) is 59.4 Å². The Morgan fingerprint density at radius 2 is 1.58 bits per heavy atom. The van der Waals surface area contributed by atoms with Gasteiger partial charge in [-0.15, -0.1) is 0 Å². The minimum absolute atomic E-state index is 0.109. The molecule has 2 aromatic carbocycles. The molecule has 5 heteroatoms. The molecular formula is C21H24N4O. The Kier molecular flexibility index (Phi) is 6.24. The van der Waals surface area contributed by atoms with Gasteiger partial charge < -0.3 is 5.32 Å². The summed E-state index contributed by atoms with van der Waals surface area (Å²) in [7, 11) is 0. The molecule has 1 saturated heterocycles. The number of amides is 2. The lowest BCUT2D eigenvalue weighted by atomic mass is 9.97. The third kappa shape index (κ3) is 4.62. The Hall–Kier alpha value is -2.84. The number of benzene rings is 2. The number of carbonyl (C=O) groups excluding carboxylic acids is 1. The predicted octanol–water partition coefficient (Wildman–Crippen LogP) is 3.77. The Morgan fingerprint density at radius 1 is 1.04 bits per heavy atom. The SMILES string of the molecule is N#CCN1CCC(CNC(=O)N(c2ccccc2)c2ccccc2)CC1. The van der Waals surface area contributed by atoms with Gasteiger partial charge >= 0.3 is 6.03 Å². The van der Waals surface area contributed by atoms with Crippen molar-refractivity contribution in [3.05, 3.63) is 60.7 Å². The van der Waals surface area contributed by atoms with Gasteiger partial charge in [-0.2, -0.15) is 5.26 Å². The van der Waals surface area contributed by atoms with E-state index in [1.165, 1.54) is 0 Å². The normalized spacial score (nSPS) is 15.2. The fraction of sp³-hybridized carbons (Fsp3) is 0.333. The van der Waals surface area contributed by atoms with Crippen molar-refractivity contribution in [2.45, 2.75) is 12.8 Å². The highest BCUT2D eigenvalue weighted by molar-refractivity contribution is 5.99. The number of piperidine rings is 1. The fourth-order valence-electron chi connectivity index (χ4n) is 3.30. The molecule has 0 atom stereocenters. The molecule has 3 rings (SSSR count). The molecule has 0 spiro atoms. The third-order valence-corrected chi connectivity index (χ3v) is 4.78. The van der Waals surface area contributed by atoms with Gasteiger partial charge in [-0.1, -0.05) is 36.4 Å². The van der Waals surface area contributed by atoms with Gasteiger partial charge in [-0.3, -0.25) is 9.80 Å². The highest BCUT2D eigenvalue weighted by Gasteiger charge is 2.22. The van der Waals surface area contributed by atoms with Gasteiger partial charge in [0.25, 0.3) is 0 Å². The number of rotatable bonds is 5. The predicted molar refractivity (Wildman–Crippen MR) is 103 cm³/mol. The van der Waals surface area contributed by atoms with E-state index in [2.05, 4.69) is 16.3 Å². The molecule has 0 aromatic heterocycles. The number of likely N-dealkylation sites (tertiary alicyclic amines) is 1. The zero-order chi connectivity index (χ0) is 18.2. The van der Waals surface area contributed by atoms with Crippen LogP contribution in [-0.4, -0.2) is 37.1 Å². The van der Waals surface area contributed by atoms with E-state index in [4.69, 9.17) is 5.26 Å². The van der Waals surface area contributed by atoms with E-state index < -0.39 is 0 Å². The van der Waals surface area contributed by atoms with Crippen LogP contribution in [0.2, 0.25) is 0 Å². The third-order valence-electron chi connectivity index (χ3n) is 4.78. The summed E-state index contributed by atoms with van der Waals surface area (Å²) < 4.78 is 0. The number of carbonyl (C=O) groups is 1. The molecule has 1 heterocycles. The highest BCUT2D eigenvalue weighted by Crippen LogP contribution is 2.25. The van der Waals surface area contributed by atoms with Crippen molar-refractivity contribution in [2.75, 3.05) is 31.1 Å². The van der Waals surface area contributed by atoms with Crippen LogP contribution < -0.4 is 10.2 Å². The van der Waals surface area contributed by atoms with E-state index in [1.807, 2.05) is 60.7 Å². The molecule has 0 unspecified atom stereocenters. The van der Waals surface area contributed by atoms with Crippen LogP contribution in [0.25, 0.3) is 0 Å². The van der Waals surface area contributed by atoms with Crippen LogP contribution in [0.4, 0.5) is 16.2 Å². The Morgan fingerprint density at radius 3 is 2.08 bits per heavy atom. The molecule has 0 bridgehead atoms. The maximum atomic E-state index is 12.9. The zero-order valence-corrected chi connectivity index (χ0v) is 14.8. The molecule has 5 nitrogen and oxygen atoms in total. The van der Waals surface area contributed by atoms with Gasteiger partial charge in [0.2, 0.25) is 0 Å². The number of nitrogens with one attached hydrogen (secondary N) is 1. The second kappa shape index (κ2) is 9.02. The lowest BCUT2D eigenvalue weighted by molar-refractivity contribution is 0.198. The van der Waals surface area contributed by atoms with Crippen molar-refractivity contribution in [2.24, 2.45) is 5.92 Å². The molecule has 1 N–H and O–H groups in total. The first-order valence-corrected chi connectivity index (χ1v) is 9.05. The molecule has 26 heavy (non-hydrogen) atoms. The van der Waals surface area contributed by atoms with E-state index in [9.17, 15) is 4.79 Å². The van der Waals surface area contributed by atoms with Crippen LogP contribution in [0.1, 0.15) is 12.8 Å². The number of hydrogen-bond acceptors (Lipinski definition) is 3. The number of nitriles is 1. The van der Waals surface area contributed by atoms with Crippen molar-refractivity contribution >= 4 is 17.4 Å². The first kappa shape index (κ1) is 18.0. The van der Waals surface area contributed by atoms with Crippen molar-refractivity contribution < 1.29 is 4.79 Å². The summed E-state index contributed by atoms with van der Waals surface area (Å²) in [6.07, 6.45) is 2.03. The van der Waals surface area contributed by atoms with Gasteiger partial charge in [0.05, 0.1) is 24.0 Å². The Balaban J connectivity index is 1.63. The van der Waals surface area contributed by atoms with E-state index in [0.29, 0.717) is 19.0 Å². The van der Waals surface area contributed by atoms with Crippen LogP contribution in [0, 0.1) is 17.2 Å². The van der Waals surface area contributed by atoms with Gasteiger partial charge in [-0.25, -0.2) is 4.79 Å². The minimum atomic E-state index is -0.109. The number of nitrogens with zero attached hydrogens (tertiary/aromatic N) is 3. The average molecular weight is 348 g/mol. The van der Waals surface area contributed by atoms with Crippen LogP contribution in [0.15, 0.2) is 60.7 Å². The maximum absolute atomic E-state index is 12.9. The van der Waals surface area contributed by atoms with Gasteiger partial charge in [-0.05, 0) is 56.1 Å². The number of urea groups is 1. The largest absolute Gasteiger partial charge is 0.337 e. The van der Waals surface area contributed by atoms with Gasteiger partial charge in [0.15, 0.2) is 0 Å². The number of para-hydroxylation sites is 2. The highest BCUT2D eigenvalue weighted by atomic mass is 16.2. The first-order chi connectivity index (χ1) is 12.8. The molecule has 134 valence electrons. The standard InChI is InChI=1S/C21H24N4O/c22-13-16-24-14-11-18(12-15-24)17-23-21(26)25(19-7-3-1-4-8-19)20-9-5-2-6-10-20/h1-10,18H,11-12,14-17H2,(H,23,26). The average Bonchev–Trinajstić information content (AvgIpc) is 2.70. The fourth-order valence-corrected chi connectivity index (χ4v) is 3.30. The number of hydrogen-bond donors (Lipinski definition) is 1. The lowest BCUT2D eigenvalue weighted by Crippen LogP contribution is -2.42. The molecule has 1 fully saturated rings. The van der Waals surface area contributed by atoms with Crippen LogP contribution >= 0.6 is 0 Å². The monoisotopic (exact) mass is 348 g/mol. The second-order valence-electron chi connectivity index (χ2n) is 6.57. The zero-order valence-electron chi connectivity index (χ0n) is 14.8. The Labute approximate surface area is 154 Å². The summed E-state index contributed by atoms with van der Waals surface area (Å²) >= 11 is 0. The molecule has 2 aromatic rings. The van der Waals surface area contributed by atoms with Gasteiger partial charge in [0, 0.05) is 6.54 Å². The van der Waals surface area contributed by atoms with Crippen LogP contribution in [0.5, 0.6) is 0 Å². The van der Waals surface area contributed by atoms with Crippen molar-refractivity contribution in [3.8, 4) is 6.07 Å². The lowest BCUT2D eigenvalue weighted by Gasteiger charge is -2.31. The Bertz CT molecular complexity index is 694. The van der Waals surface area contributed by atoms with E-state index in [1.54, 1.807) is 4.90 Å². The quantitative estimate of drug-likeness (QED) is 0.837. The summed E-state index contributed by atoms with van der Waals surface area (Å²) in [5.74, 6) is 0.460. The van der Waals surface area contributed by atoms with E-state index in [0.717, 1.165) is 37.3 Å². The maximum Gasteiger partial charge on any atom is 0.326 e. The first-order valence-electron chi connectivity index (χ1n) is 9.05. The molecule has 0 aliphatic carbocycles. The summed E-state index contributed by atoms with van der Waals surface area (Å²) in [5, 5.41) is 11.9. The van der Waals surface area contributed by atoms with E-state index >= 15 is 0 Å². The summed E-state index contributed by atoms with van der Waals surface area (Å²) in [5.41, 5.74) is 1.69. The molecule has 0 saturated carbocycles. The van der Waals surface area contributed by atoms with Crippen LogP contribution in [-0.2, 0) is 0 Å². The summed E-state index contributed by atoms with van der Waals surface area (Å²) in [6, 6.07) is 21.5. The van der Waals surface area contributed by atoms with Gasteiger partial charge in [0.1, 0.15) is 0 Å².